The van der Waals surface area contributed by atoms with Gasteiger partial charge in [-0.1, -0.05) is 30.3 Å². The molecule has 3 heterocycles. The molecule has 1 fully saturated rings. The number of thiophene rings is 1. The van der Waals surface area contributed by atoms with Crippen molar-refractivity contribution in [2.24, 2.45) is 7.05 Å². The Morgan fingerprint density at radius 2 is 1.96 bits per heavy atom. The molecule has 1 aromatic carbocycles. The number of nitrogens with one attached hydrogen (secondary N) is 1. The first kappa shape index (κ1) is 17.2. The molecule has 1 aliphatic heterocycles. The molecular weight excluding hydrogens is 364 g/mol. The number of amides is 1. The summed E-state index contributed by atoms with van der Waals surface area (Å²) in [6, 6.07) is 12.1. The zero-order valence-electron chi connectivity index (χ0n) is 14.5. The summed E-state index contributed by atoms with van der Waals surface area (Å²) in [6.07, 6.45) is 1.82. The number of benzene rings is 1. The Labute approximate surface area is 161 Å². The molecule has 0 bridgehead atoms. The van der Waals surface area contributed by atoms with Crippen LogP contribution in [0.2, 0.25) is 0 Å². The summed E-state index contributed by atoms with van der Waals surface area (Å²) in [4.78, 5) is 15.9. The Hall–Kier alpha value is -2.25. The minimum Gasteiger partial charge on any atom is -0.338 e. The molecule has 0 unspecified atom stereocenters. The van der Waals surface area contributed by atoms with Gasteiger partial charge in [-0.15, -0.1) is 11.3 Å². The molecular formula is C19H20N4OS2. The average Bonchev–Trinajstić information content (AvgIpc) is 3.30. The van der Waals surface area contributed by atoms with E-state index in [1.54, 1.807) is 0 Å². The minimum atomic E-state index is 0.132. The van der Waals surface area contributed by atoms with Crippen molar-refractivity contribution in [3.05, 3.63) is 57.3 Å². The van der Waals surface area contributed by atoms with Crippen molar-refractivity contribution >= 4 is 29.5 Å². The number of H-pyrrole nitrogens is 1. The minimum absolute atomic E-state index is 0.132. The molecule has 1 N–H and O–H groups in total. The fraction of sp³-hybridized carbons (Fsp3) is 0.316. The van der Waals surface area contributed by atoms with Gasteiger partial charge in [-0.2, -0.15) is 5.10 Å². The molecule has 1 aliphatic rings. The van der Waals surface area contributed by atoms with Crippen LogP contribution in [-0.2, 0) is 7.05 Å². The summed E-state index contributed by atoms with van der Waals surface area (Å²) >= 11 is 6.73. The average molecular weight is 385 g/mol. The molecule has 2 aromatic heterocycles. The van der Waals surface area contributed by atoms with Gasteiger partial charge in [0.15, 0.2) is 4.77 Å². The number of likely N-dealkylation sites (tertiary alicyclic amines) is 1. The van der Waals surface area contributed by atoms with Crippen LogP contribution in [-0.4, -0.2) is 38.7 Å². The van der Waals surface area contributed by atoms with Crippen LogP contribution >= 0.6 is 23.6 Å². The monoisotopic (exact) mass is 384 g/mol. The predicted octanol–water partition coefficient (Wildman–Crippen LogP) is 4.23. The zero-order valence-corrected chi connectivity index (χ0v) is 16.1. The molecule has 1 amide bonds. The van der Waals surface area contributed by atoms with E-state index in [1.807, 2.05) is 46.2 Å². The summed E-state index contributed by atoms with van der Waals surface area (Å²) in [5.41, 5.74) is 2.12. The maximum Gasteiger partial charge on any atom is 0.264 e. The van der Waals surface area contributed by atoms with Gasteiger partial charge in [0, 0.05) is 31.6 Å². The lowest BCUT2D eigenvalue weighted by Crippen LogP contribution is -2.38. The molecule has 0 spiro atoms. The second-order valence-corrected chi connectivity index (χ2v) is 7.84. The first-order valence-electron chi connectivity index (χ1n) is 8.68. The second-order valence-electron chi connectivity index (χ2n) is 6.54. The van der Waals surface area contributed by atoms with Crippen LogP contribution in [0.4, 0.5) is 0 Å². The first-order chi connectivity index (χ1) is 12.6. The van der Waals surface area contributed by atoms with E-state index < -0.39 is 0 Å². The lowest BCUT2D eigenvalue weighted by molar-refractivity contribution is 0.0716. The molecule has 1 saturated heterocycles. The van der Waals surface area contributed by atoms with Crippen LogP contribution < -0.4 is 0 Å². The van der Waals surface area contributed by atoms with Gasteiger partial charge in [0.25, 0.3) is 5.91 Å². The Morgan fingerprint density at radius 1 is 1.23 bits per heavy atom. The predicted molar refractivity (Wildman–Crippen MR) is 106 cm³/mol. The first-order valence-corrected chi connectivity index (χ1v) is 9.97. The van der Waals surface area contributed by atoms with Gasteiger partial charge in [0.1, 0.15) is 5.82 Å². The third-order valence-electron chi connectivity index (χ3n) is 5.01. The van der Waals surface area contributed by atoms with E-state index in [1.165, 1.54) is 11.3 Å². The highest BCUT2D eigenvalue weighted by Gasteiger charge is 2.28. The van der Waals surface area contributed by atoms with Crippen LogP contribution in [0.25, 0.3) is 11.1 Å². The number of aromatic amines is 1. The normalized spacial score (nSPS) is 15.3. The molecule has 5 nitrogen and oxygen atoms in total. The van der Waals surface area contributed by atoms with E-state index in [9.17, 15) is 4.79 Å². The number of carbonyl (C=O) groups is 1. The van der Waals surface area contributed by atoms with Gasteiger partial charge >= 0.3 is 0 Å². The van der Waals surface area contributed by atoms with E-state index in [0.717, 1.165) is 47.8 Å². The highest BCUT2D eigenvalue weighted by atomic mass is 32.1. The number of nitrogens with zero attached hydrogens (tertiary/aromatic N) is 3. The van der Waals surface area contributed by atoms with E-state index >= 15 is 0 Å². The van der Waals surface area contributed by atoms with Crippen molar-refractivity contribution in [1.82, 2.24) is 19.7 Å². The summed E-state index contributed by atoms with van der Waals surface area (Å²) in [5.74, 6) is 1.46. The molecule has 26 heavy (non-hydrogen) atoms. The van der Waals surface area contributed by atoms with Crippen molar-refractivity contribution in [2.75, 3.05) is 13.1 Å². The van der Waals surface area contributed by atoms with Crippen molar-refractivity contribution in [2.45, 2.75) is 18.8 Å². The number of hydrogen-bond acceptors (Lipinski definition) is 4. The maximum atomic E-state index is 13.1. The van der Waals surface area contributed by atoms with E-state index in [0.29, 0.717) is 10.7 Å². The van der Waals surface area contributed by atoms with E-state index in [4.69, 9.17) is 12.2 Å². The van der Waals surface area contributed by atoms with Crippen molar-refractivity contribution in [1.29, 1.82) is 0 Å². The molecule has 0 radical (unpaired) electrons. The van der Waals surface area contributed by atoms with Crippen LogP contribution in [0.5, 0.6) is 0 Å². The molecule has 0 aliphatic carbocycles. The van der Waals surface area contributed by atoms with Gasteiger partial charge in [-0.05, 0) is 42.1 Å². The van der Waals surface area contributed by atoms with Gasteiger partial charge in [-0.3, -0.25) is 9.89 Å². The van der Waals surface area contributed by atoms with E-state index in [2.05, 4.69) is 22.3 Å². The lowest BCUT2D eigenvalue weighted by Gasteiger charge is -2.31. The maximum absolute atomic E-state index is 13.1. The second kappa shape index (κ2) is 7.17. The third-order valence-corrected chi connectivity index (χ3v) is 6.27. The van der Waals surface area contributed by atoms with Crippen molar-refractivity contribution in [3.8, 4) is 11.1 Å². The molecule has 4 rings (SSSR count). The molecule has 134 valence electrons. The summed E-state index contributed by atoms with van der Waals surface area (Å²) in [7, 11) is 1.94. The van der Waals surface area contributed by atoms with Crippen LogP contribution in [0.1, 0.15) is 34.3 Å². The summed E-state index contributed by atoms with van der Waals surface area (Å²) in [6.45, 7) is 1.49. The largest absolute Gasteiger partial charge is 0.338 e. The zero-order chi connectivity index (χ0) is 18.1. The number of hydrogen-bond donors (Lipinski definition) is 1. The number of carbonyl (C=O) groups excluding carboxylic acids is 1. The third kappa shape index (κ3) is 3.12. The van der Waals surface area contributed by atoms with Crippen molar-refractivity contribution in [3.63, 3.8) is 0 Å². The molecule has 3 aromatic rings. The Kier molecular flexibility index (Phi) is 4.74. The van der Waals surface area contributed by atoms with E-state index in [-0.39, 0.29) is 5.91 Å². The highest BCUT2D eigenvalue weighted by molar-refractivity contribution is 7.71. The topological polar surface area (TPSA) is 53.9 Å². The standard InChI is InChI=1S/C19H20N4OS2/c1-22-17(20-21-19(22)25)14-7-10-23(11-8-14)18(24)16-15(9-12-26-16)13-5-3-2-4-6-13/h2-6,9,12,14H,7-8,10-11H2,1H3,(H,21,25). The lowest BCUT2D eigenvalue weighted by atomic mass is 9.95. The quantitative estimate of drug-likeness (QED) is 0.688. The molecule has 7 heteroatoms. The van der Waals surface area contributed by atoms with Gasteiger partial charge in [-0.25, -0.2) is 0 Å². The Morgan fingerprint density at radius 3 is 2.62 bits per heavy atom. The Bertz CT molecular complexity index is 965. The molecule has 0 atom stereocenters. The van der Waals surface area contributed by atoms with Crippen molar-refractivity contribution < 1.29 is 4.79 Å². The van der Waals surface area contributed by atoms with Crippen LogP contribution in [0, 0.1) is 4.77 Å². The summed E-state index contributed by atoms with van der Waals surface area (Å²) in [5, 5.41) is 9.21. The molecule has 0 saturated carbocycles. The smallest absolute Gasteiger partial charge is 0.264 e. The SMILES string of the molecule is Cn1c(C2CCN(C(=O)c3sccc3-c3ccccc3)CC2)n[nH]c1=S. The van der Waals surface area contributed by atoms with Gasteiger partial charge < -0.3 is 9.47 Å². The number of rotatable bonds is 3. The van der Waals surface area contributed by atoms with Crippen LogP contribution in [0.15, 0.2) is 41.8 Å². The van der Waals surface area contributed by atoms with Gasteiger partial charge in [0.05, 0.1) is 4.88 Å². The van der Waals surface area contributed by atoms with Crippen LogP contribution in [0.3, 0.4) is 0 Å². The number of aromatic nitrogens is 3. The fourth-order valence-corrected chi connectivity index (χ4v) is 4.55. The summed E-state index contributed by atoms with van der Waals surface area (Å²) < 4.78 is 2.58. The Balaban J connectivity index is 1.49. The fourth-order valence-electron chi connectivity index (χ4n) is 3.53. The van der Waals surface area contributed by atoms with Gasteiger partial charge in [0.2, 0.25) is 0 Å². The highest BCUT2D eigenvalue weighted by Crippen LogP contribution is 2.32. The number of piperidine rings is 1.